The summed E-state index contributed by atoms with van der Waals surface area (Å²) in [4.78, 5) is 11.4. The maximum Gasteiger partial charge on any atom is 0.573 e. The van der Waals surface area contributed by atoms with Crippen LogP contribution in [0.5, 0.6) is 5.75 Å². The first-order chi connectivity index (χ1) is 8.69. The number of ether oxygens (including phenoxy) is 1. The summed E-state index contributed by atoms with van der Waals surface area (Å²) >= 11 is 0. The van der Waals surface area contributed by atoms with Crippen molar-refractivity contribution < 1.29 is 22.7 Å². The molecule has 4 nitrogen and oxygen atoms in total. The van der Waals surface area contributed by atoms with Crippen LogP contribution in [0, 0.1) is 0 Å². The number of hydrogen-bond acceptors (Lipinski definition) is 3. The van der Waals surface area contributed by atoms with Gasteiger partial charge in [-0.1, -0.05) is 12.1 Å². The molecule has 0 aliphatic heterocycles. The summed E-state index contributed by atoms with van der Waals surface area (Å²) in [5, 5.41) is 2.58. The summed E-state index contributed by atoms with van der Waals surface area (Å²) in [5.74, 6) is -0.707. The van der Waals surface area contributed by atoms with E-state index >= 15 is 0 Å². The van der Waals surface area contributed by atoms with Gasteiger partial charge in [-0.05, 0) is 31.5 Å². The van der Waals surface area contributed by atoms with Gasteiger partial charge in [-0.25, -0.2) is 0 Å². The molecule has 0 heterocycles. The van der Waals surface area contributed by atoms with Crippen molar-refractivity contribution in [3.05, 3.63) is 29.8 Å². The fourth-order valence-corrected chi connectivity index (χ4v) is 1.41. The second kappa shape index (κ2) is 5.92. The Kier molecular flexibility index (Phi) is 4.77. The minimum absolute atomic E-state index is 0.327. The number of alkyl halides is 3. The lowest BCUT2D eigenvalue weighted by molar-refractivity contribution is -0.274. The molecule has 0 radical (unpaired) electrons. The molecule has 2 atom stereocenters. The van der Waals surface area contributed by atoms with E-state index in [0.717, 1.165) is 0 Å². The van der Waals surface area contributed by atoms with Crippen LogP contribution in [0.3, 0.4) is 0 Å². The molecule has 0 aromatic heterocycles. The smallest absolute Gasteiger partial charge is 0.406 e. The highest BCUT2D eigenvalue weighted by Gasteiger charge is 2.31. The maximum absolute atomic E-state index is 12.1. The summed E-state index contributed by atoms with van der Waals surface area (Å²) in [5.41, 5.74) is 5.89. The number of nitrogens with one attached hydrogen (secondary N) is 1. The van der Waals surface area contributed by atoms with Crippen molar-refractivity contribution in [1.82, 2.24) is 5.32 Å². The molecule has 0 spiro atoms. The number of halogens is 3. The zero-order valence-electron chi connectivity index (χ0n) is 10.5. The minimum Gasteiger partial charge on any atom is -0.406 e. The zero-order chi connectivity index (χ0) is 14.6. The van der Waals surface area contributed by atoms with Gasteiger partial charge in [-0.15, -0.1) is 13.2 Å². The standard InChI is InChI=1S/C12H15F3N2O2/c1-7(16)11(18)17-8(2)9-4-3-5-10(6-9)19-12(13,14)15/h3-8H,16H2,1-2H3,(H,17,18)/t7-,8?/m1/s1. The van der Waals surface area contributed by atoms with E-state index in [2.05, 4.69) is 10.1 Å². The monoisotopic (exact) mass is 276 g/mol. The van der Waals surface area contributed by atoms with Crippen LogP contribution in [-0.4, -0.2) is 18.3 Å². The molecule has 0 aliphatic rings. The van der Waals surface area contributed by atoms with E-state index in [4.69, 9.17) is 5.73 Å². The van der Waals surface area contributed by atoms with Crippen LogP contribution in [0.15, 0.2) is 24.3 Å². The predicted molar refractivity (Wildman–Crippen MR) is 63.3 cm³/mol. The van der Waals surface area contributed by atoms with Crippen molar-refractivity contribution in [1.29, 1.82) is 0 Å². The molecule has 19 heavy (non-hydrogen) atoms. The van der Waals surface area contributed by atoms with Gasteiger partial charge in [0.2, 0.25) is 5.91 Å². The van der Waals surface area contributed by atoms with Crippen molar-refractivity contribution in [2.45, 2.75) is 32.3 Å². The van der Waals surface area contributed by atoms with Gasteiger partial charge in [0.05, 0.1) is 12.1 Å². The quantitative estimate of drug-likeness (QED) is 0.885. The van der Waals surface area contributed by atoms with Crippen LogP contribution >= 0.6 is 0 Å². The van der Waals surface area contributed by atoms with E-state index in [9.17, 15) is 18.0 Å². The van der Waals surface area contributed by atoms with Gasteiger partial charge in [0.15, 0.2) is 0 Å². The first kappa shape index (κ1) is 15.3. The average molecular weight is 276 g/mol. The molecule has 0 aliphatic carbocycles. The summed E-state index contributed by atoms with van der Waals surface area (Å²) in [6.45, 7) is 3.16. The molecule has 1 unspecified atom stereocenters. The van der Waals surface area contributed by atoms with Crippen molar-refractivity contribution in [3.63, 3.8) is 0 Å². The van der Waals surface area contributed by atoms with Gasteiger partial charge in [-0.2, -0.15) is 0 Å². The van der Waals surface area contributed by atoms with Gasteiger partial charge in [0.1, 0.15) is 5.75 Å². The minimum atomic E-state index is -4.74. The molecule has 1 amide bonds. The first-order valence-corrected chi connectivity index (χ1v) is 5.60. The van der Waals surface area contributed by atoms with Gasteiger partial charge < -0.3 is 15.8 Å². The highest BCUT2D eigenvalue weighted by molar-refractivity contribution is 5.81. The largest absolute Gasteiger partial charge is 0.573 e. The summed E-state index contributed by atoms with van der Waals surface area (Å²) in [7, 11) is 0. The number of rotatable bonds is 4. The fraction of sp³-hybridized carbons (Fsp3) is 0.417. The molecule has 1 rings (SSSR count). The lowest BCUT2D eigenvalue weighted by atomic mass is 10.1. The Morgan fingerprint density at radius 3 is 2.53 bits per heavy atom. The Labute approximate surface area is 108 Å². The molecular weight excluding hydrogens is 261 g/mol. The van der Waals surface area contributed by atoms with Crippen LogP contribution in [0.1, 0.15) is 25.5 Å². The second-order valence-electron chi connectivity index (χ2n) is 4.14. The second-order valence-corrected chi connectivity index (χ2v) is 4.14. The first-order valence-electron chi connectivity index (χ1n) is 5.60. The van der Waals surface area contributed by atoms with E-state index in [-0.39, 0.29) is 11.7 Å². The van der Waals surface area contributed by atoms with E-state index in [1.165, 1.54) is 25.1 Å². The summed E-state index contributed by atoms with van der Waals surface area (Å²) in [6, 6.07) is 4.28. The number of benzene rings is 1. The molecule has 1 aromatic rings. The Hall–Kier alpha value is -1.76. The lowest BCUT2D eigenvalue weighted by Gasteiger charge is -2.17. The van der Waals surface area contributed by atoms with Crippen LogP contribution < -0.4 is 15.8 Å². The number of carbonyl (C=O) groups is 1. The Balaban J connectivity index is 2.78. The Bertz CT molecular complexity index is 447. The molecule has 3 N–H and O–H groups in total. The van der Waals surface area contributed by atoms with Crippen molar-refractivity contribution in [3.8, 4) is 5.75 Å². The average Bonchev–Trinajstić information content (AvgIpc) is 2.26. The molecular formula is C12H15F3N2O2. The molecule has 7 heteroatoms. The van der Waals surface area contributed by atoms with Gasteiger partial charge in [-0.3, -0.25) is 4.79 Å². The van der Waals surface area contributed by atoms with Crippen LogP contribution in [0.2, 0.25) is 0 Å². The normalized spacial score (nSPS) is 14.6. The van der Waals surface area contributed by atoms with E-state index in [0.29, 0.717) is 5.56 Å². The number of amides is 1. The molecule has 1 aromatic carbocycles. The highest BCUT2D eigenvalue weighted by atomic mass is 19.4. The van der Waals surface area contributed by atoms with E-state index < -0.39 is 18.4 Å². The van der Waals surface area contributed by atoms with Crippen LogP contribution in [-0.2, 0) is 4.79 Å². The third kappa shape index (κ3) is 5.17. The van der Waals surface area contributed by atoms with Crippen molar-refractivity contribution in [2.24, 2.45) is 5.73 Å². The van der Waals surface area contributed by atoms with Crippen molar-refractivity contribution in [2.75, 3.05) is 0 Å². The molecule has 0 bridgehead atoms. The van der Waals surface area contributed by atoms with Crippen LogP contribution in [0.25, 0.3) is 0 Å². The lowest BCUT2D eigenvalue weighted by Crippen LogP contribution is -2.39. The molecule has 0 fully saturated rings. The molecule has 0 saturated carbocycles. The maximum atomic E-state index is 12.1. The number of hydrogen-bond donors (Lipinski definition) is 2. The topological polar surface area (TPSA) is 64.4 Å². The van der Waals surface area contributed by atoms with Gasteiger partial charge in [0, 0.05) is 0 Å². The van der Waals surface area contributed by atoms with Gasteiger partial charge >= 0.3 is 6.36 Å². The highest BCUT2D eigenvalue weighted by Crippen LogP contribution is 2.25. The zero-order valence-corrected chi connectivity index (χ0v) is 10.5. The summed E-state index contributed by atoms with van der Waals surface area (Å²) in [6.07, 6.45) is -4.74. The third-order valence-corrected chi connectivity index (χ3v) is 2.36. The number of nitrogens with two attached hydrogens (primary N) is 1. The van der Waals surface area contributed by atoms with Crippen molar-refractivity contribution >= 4 is 5.91 Å². The predicted octanol–water partition coefficient (Wildman–Crippen LogP) is 2.11. The Morgan fingerprint density at radius 1 is 1.37 bits per heavy atom. The fourth-order valence-electron chi connectivity index (χ4n) is 1.41. The van der Waals surface area contributed by atoms with Gasteiger partial charge in [0.25, 0.3) is 0 Å². The summed E-state index contributed by atoms with van der Waals surface area (Å²) < 4.78 is 40.1. The van der Waals surface area contributed by atoms with E-state index in [1.807, 2.05) is 0 Å². The van der Waals surface area contributed by atoms with E-state index in [1.54, 1.807) is 13.0 Å². The molecule has 0 saturated heterocycles. The third-order valence-electron chi connectivity index (χ3n) is 2.36. The Morgan fingerprint density at radius 2 is 2.00 bits per heavy atom. The number of carbonyl (C=O) groups excluding carboxylic acids is 1. The van der Waals surface area contributed by atoms with Crippen LogP contribution in [0.4, 0.5) is 13.2 Å². The SMILES string of the molecule is CC(NC(=O)[C@@H](C)N)c1cccc(OC(F)(F)F)c1. The molecule has 106 valence electrons.